The maximum atomic E-state index is 13.5. The molecule has 0 N–H and O–H groups in total. The van der Waals surface area contributed by atoms with Crippen LogP contribution in [0.15, 0.2) is 24.3 Å². The number of carbonyl (C=O) groups is 1. The molecule has 5 nitrogen and oxygen atoms in total. The molecule has 0 spiro atoms. The van der Waals surface area contributed by atoms with Gasteiger partial charge in [-0.25, -0.2) is 14.2 Å². The number of carbonyl (C=O) groups excluding carboxylic acids is 1. The molecule has 1 atom stereocenters. The Balaban J connectivity index is 1.83. The van der Waals surface area contributed by atoms with Crippen LogP contribution in [0.2, 0.25) is 0 Å². The molecule has 134 valence electrons. The van der Waals surface area contributed by atoms with Crippen molar-refractivity contribution < 1.29 is 18.7 Å². The number of ether oxygens (including phenoxy) is 2. The van der Waals surface area contributed by atoms with Crippen molar-refractivity contribution in [2.45, 2.75) is 38.7 Å². The van der Waals surface area contributed by atoms with E-state index in [0.717, 1.165) is 17.5 Å². The molecule has 0 aliphatic carbocycles. The van der Waals surface area contributed by atoms with E-state index < -0.39 is 5.60 Å². The first-order chi connectivity index (χ1) is 11.8. The smallest absolute Gasteiger partial charge is 0.410 e. The molecule has 1 aromatic carbocycles. The number of hydrogen-bond acceptors (Lipinski definition) is 4. The van der Waals surface area contributed by atoms with Gasteiger partial charge in [0.1, 0.15) is 11.4 Å². The van der Waals surface area contributed by atoms with Crippen LogP contribution in [-0.2, 0) is 4.74 Å². The second-order valence-electron chi connectivity index (χ2n) is 7.33. The molecule has 25 heavy (non-hydrogen) atoms. The lowest BCUT2D eigenvalue weighted by atomic mass is 10.0. The molecular weight excluding hydrogens is 323 g/mol. The van der Waals surface area contributed by atoms with E-state index in [1.807, 2.05) is 26.8 Å². The summed E-state index contributed by atoms with van der Waals surface area (Å²) in [7, 11) is 1.53. The third-order valence-electron chi connectivity index (χ3n) is 4.23. The Kier molecular flexibility index (Phi) is 4.54. The number of rotatable bonds is 2. The zero-order chi connectivity index (χ0) is 18.2. The number of aromatic nitrogens is 1. The maximum Gasteiger partial charge on any atom is 0.410 e. The minimum atomic E-state index is -0.510. The zero-order valence-electron chi connectivity index (χ0n) is 15.0. The van der Waals surface area contributed by atoms with Crippen LogP contribution in [0.3, 0.4) is 0 Å². The Morgan fingerprint density at radius 3 is 2.76 bits per heavy atom. The van der Waals surface area contributed by atoms with E-state index >= 15 is 0 Å². The fourth-order valence-electron chi connectivity index (χ4n) is 3.07. The van der Waals surface area contributed by atoms with Crippen molar-refractivity contribution in [2.24, 2.45) is 0 Å². The van der Waals surface area contributed by atoms with Gasteiger partial charge in [0, 0.05) is 30.1 Å². The summed E-state index contributed by atoms with van der Waals surface area (Å²) in [5.74, 6) is 0.191. The van der Waals surface area contributed by atoms with Crippen molar-refractivity contribution in [3.8, 4) is 5.88 Å². The van der Waals surface area contributed by atoms with Crippen LogP contribution in [0.1, 0.15) is 38.8 Å². The summed E-state index contributed by atoms with van der Waals surface area (Å²) in [5.41, 5.74) is 0.339. The Morgan fingerprint density at radius 2 is 2.08 bits per heavy atom. The van der Waals surface area contributed by atoms with Crippen molar-refractivity contribution >= 4 is 16.9 Å². The SMILES string of the molecule is COc1nc(C2CCN(C(=O)OC(C)(C)C)C2)cc2ccc(F)cc12. The Bertz CT molecular complexity index is 801. The first-order valence-corrected chi connectivity index (χ1v) is 8.39. The number of benzene rings is 1. The van der Waals surface area contributed by atoms with Crippen molar-refractivity contribution in [1.29, 1.82) is 0 Å². The molecule has 0 bridgehead atoms. The molecule has 3 rings (SSSR count). The highest BCUT2D eigenvalue weighted by molar-refractivity contribution is 5.87. The Morgan fingerprint density at radius 1 is 1.32 bits per heavy atom. The molecule has 1 aliphatic heterocycles. The van der Waals surface area contributed by atoms with E-state index in [9.17, 15) is 9.18 Å². The first-order valence-electron chi connectivity index (χ1n) is 8.39. The maximum absolute atomic E-state index is 13.5. The van der Waals surface area contributed by atoms with Gasteiger partial charge in [-0.3, -0.25) is 0 Å². The minimum Gasteiger partial charge on any atom is -0.481 e. The molecule has 6 heteroatoms. The third kappa shape index (κ3) is 3.83. The number of amides is 1. The Hall–Kier alpha value is -2.37. The molecular formula is C19H23FN2O3. The van der Waals surface area contributed by atoms with Crippen LogP contribution in [0.5, 0.6) is 5.88 Å². The number of nitrogens with zero attached hydrogens (tertiary/aromatic N) is 2. The lowest BCUT2D eigenvalue weighted by molar-refractivity contribution is 0.0292. The third-order valence-corrected chi connectivity index (χ3v) is 4.23. The summed E-state index contributed by atoms with van der Waals surface area (Å²) >= 11 is 0. The fraction of sp³-hybridized carbons (Fsp3) is 0.474. The highest BCUT2D eigenvalue weighted by Crippen LogP contribution is 2.32. The Labute approximate surface area is 146 Å². The topological polar surface area (TPSA) is 51.7 Å². The average Bonchev–Trinajstić information content (AvgIpc) is 3.02. The number of fused-ring (bicyclic) bond motifs is 1. The fourth-order valence-corrected chi connectivity index (χ4v) is 3.07. The number of halogens is 1. The first kappa shape index (κ1) is 17.5. The summed E-state index contributed by atoms with van der Waals surface area (Å²) in [4.78, 5) is 18.5. The average molecular weight is 346 g/mol. The van der Waals surface area contributed by atoms with Crippen LogP contribution in [-0.4, -0.2) is 41.8 Å². The monoisotopic (exact) mass is 346 g/mol. The molecule has 1 fully saturated rings. The van der Waals surface area contributed by atoms with E-state index in [2.05, 4.69) is 4.98 Å². The zero-order valence-corrected chi connectivity index (χ0v) is 15.0. The minimum absolute atomic E-state index is 0.107. The summed E-state index contributed by atoms with van der Waals surface area (Å²) < 4.78 is 24.3. The number of likely N-dealkylation sites (tertiary alicyclic amines) is 1. The van der Waals surface area contributed by atoms with Crippen molar-refractivity contribution in [3.63, 3.8) is 0 Å². The molecule has 1 saturated heterocycles. The highest BCUT2D eigenvalue weighted by Gasteiger charge is 2.31. The molecule has 0 saturated carbocycles. The number of hydrogen-bond donors (Lipinski definition) is 0. The second-order valence-corrected chi connectivity index (χ2v) is 7.33. The number of pyridine rings is 1. The molecule has 2 aromatic rings. The van der Waals surface area contributed by atoms with Gasteiger partial charge in [0.05, 0.1) is 7.11 Å². The van der Waals surface area contributed by atoms with Gasteiger partial charge < -0.3 is 14.4 Å². The van der Waals surface area contributed by atoms with Crippen molar-refractivity contribution in [2.75, 3.05) is 20.2 Å². The van der Waals surface area contributed by atoms with Crippen molar-refractivity contribution in [3.05, 3.63) is 35.8 Å². The summed E-state index contributed by atoms with van der Waals surface area (Å²) in [6.07, 6.45) is 0.507. The lowest BCUT2D eigenvalue weighted by Crippen LogP contribution is -2.35. The quantitative estimate of drug-likeness (QED) is 0.821. The van der Waals surface area contributed by atoms with Crippen LogP contribution in [0.4, 0.5) is 9.18 Å². The molecule has 1 unspecified atom stereocenters. The molecule has 1 aliphatic rings. The van der Waals surface area contributed by atoms with Crippen LogP contribution in [0, 0.1) is 5.82 Å². The molecule has 2 heterocycles. The van der Waals surface area contributed by atoms with Crippen molar-refractivity contribution in [1.82, 2.24) is 9.88 Å². The van der Waals surface area contributed by atoms with E-state index in [4.69, 9.17) is 9.47 Å². The van der Waals surface area contributed by atoms with E-state index in [-0.39, 0.29) is 17.8 Å². The molecule has 1 amide bonds. The second kappa shape index (κ2) is 6.50. The largest absolute Gasteiger partial charge is 0.481 e. The van der Waals surface area contributed by atoms with Gasteiger partial charge in [0.15, 0.2) is 0 Å². The van der Waals surface area contributed by atoms with E-state index in [1.165, 1.54) is 19.2 Å². The van der Waals surface area contributed by atoms with Crippen LogP contribution >= 0.6 is 0 Å². The predicted octanol–water partition coefficient (Wildman–Crippen LogP) is 4.11. The van der Waals surface area contributed by atoms with E-state index in [0.29, 0.717) is 24.4 Å². The lowest BCUT2D eigenvalue weighted by Gasteiger charge is -2.24. The van der Waals surface area contributed by atoms with Gasteiger partial charge in [-0.15, -0.1) is 0 Å². The van der Waals surface area contributed by atoms with Gasteiger partial charge >= 0.3 is 6.09 Å². The van der Waals surface area contributed by atoms with Crippen LogP contribution < -0.4 is 4.74 Å². The predicted molar refractivity (Wildman–Crippen MR) is 93.4 cm³/mol. The molecule has 0 radical (unpaired) electrons. The highest BCUT2D eigenvalue weighted by atomic mass is 19.1. The van der Waals surface area contributed by atoms with Gasteiger partial charge in [0.25, 0.3) is 0 Å². The normalized spacial score (nSPS) is 17.8. The van der Waals surface area contributed by atoms with Gasteiger partial charge in [-0.1, -0.05) is 6.07 Å². The van der Waals surface area contributed by atoms with Gasteiger partial charge in [-0.05, 0) is 50.8 Å². The van der Waals surface area contributed by atoms with E-state index in [1.54, 1.807) is 11.0 Å². The summed E-state index contributed by atoms with van der Waals surface area (Å²) in [6, 6.07) is 6.51. The standard InChI is InChI=1S/C19H23FN2O3/c1-19(2,3)25-18(23)22-8-7-13(11-22)16-9-12-5-6-14(20)10-15(12)17(21-16)24-4/h5-6,9-10,13H,7-8,11H2,1-4H3. The van der Waals surface area contributed by atoms with Gasteiger partial charge in [0.2, 0.25) is 5.88 Å². The number of methoxy groups -OCH3 is 1. The molecule has 1 aromatic heterocycles. The van der Waals surface area contributed by atoms with Crippen LogP contribution in [0.25, 0.3) is 10.8 Å². The summed E-state index contributed by atoms with van der Waals surface area (Å²) in [6.45, 7) is 6.75. The summed E-state index contributed by atoms with van der Waals surface area (Å²) in [5, 5.41) is 1.52. The van der Waals surface area contributed by atoms with Gasteiger partial charge in [-0.2, -0.15) is 0 Å².